The van der Waals surface area contributed by atoms with E-state index in [1.54, 1.807) is 24.3 Å². The topological polar surface area (TPSA) is 9.23 Å². The number of alkyl halides is 4. The zero-order chi connectivity index (χ0) is 12.0. The molecule has 0 N–H and O–H groups in total. The average Bonchev–Trinajstić information content (AvgIpc) is 2.92. The van der Waals surface area contributed by atoms with E-state index >= 15 is 0 Å². The largest absolute Gasteiger partial charge is 0.497 e. The van der Waals surface area contributed by atoms with Crippen LogP contribution < -0.4 is 4.74 Å². The van der Waals surface area contributed by atoms with Crippen molar-refractivity contribution in [2.24, 2.45) is 5.92 Å². The van der Waals surface area contributed by atoms with Crippen molar-refractivity contribution in [2.45, 2.75) is 17.5 Å². The third kappa shape index (κ3) is 1.86. The van der Waals surface area contributed by atoms with Crippen molar-refractivity contribution in [3.8, 4) is 5.75 Å². The molecule has 2 atom stereocenters. The van der Waals surface area contributed by atoms with E-state index in [0.717, 1.165) is 0 Å². The Kier molecular flexibility index (Phi) is 2.57. The van der Waals surface area contributed by atoms with E-state index in [2.05, 4.69) is 0 Å². The molecule has 0 amide bonds. The standard InChI is InChI=1S/C11H10ClF3O/c1-16-8-4-2-7(3-5-8)10(12)6-9(10)11(13,14)15/h2-5,9H,6H2,1H3/t9-,10-/m1/s1. The molecule has 0 unspecified atom stereocenters. The van der Waals surface area contributed by atoms with Crippen LogP contribution in [0.15, 0.2) is 24.3 Å². The van der Waals surface area contributed by atoms with Gasteiger partial charge < -0.3 is 4.74 Å². The van der Waals surface area contributed by atoms with E-state index in [4.69, 9.17) is 16.3 Å². The van der Waals surface area contributed by atoms with Crippen molar-refractivity contribution in [3.05, 3.63) is 29.8 Å². The molecule has 0 bridgehead atoms. The fourth-order valence-electron chi connectivity index (χ4n) is 1.80. The summed E-state index contributed by atoms with van der Waals surface area (Å²) >= 11 is 5.96. The number of methoxy groups -OCH3 is 1. The van der Waals surface area contributed by atoms with Crippen molar-refractivity contribution in [3.63, 3.8) is 0 Å². The van der Waals surface area contributed by atoms with E-state index in [0.29, 0.717) is 11.3 Å². The third-order valence-corrected chi connectivity index (χ3v) is 3.49. The predicted molar refractivity (Wildman–Crippen MR) is 54.7 cm³/mol. The van der Waals surface area contributed by atoms with Crippen LogP contribution in [0.2, 0.25) is 0 Å². The van der Waals surface area contributed by atoms with Gasteiger partial charge >= 0.3 is 6.18 Å². The molecule has 2 rings (SSSR count). The fraction of sp³-hybridized carbons (Fsp3) is 0.455. The van der Waals surface area contributed by atoms with Crippen molar-refractivity contribution in [1.82, 2.24) is 0 Å². The van der Waals surface area contributed by atoms with Crippen molar-refractivity contribution in [2.75, 3.05) is 7.11 Å². The summed E-state index contributed by atoms with van der Waals surface area (Å²) in [5, 5.41) is 0. The van der Waals surface area contributed by atoms with E-state index in [-0.39, 0.29) is 6.42 Å². The number of rotatable bonds is 2. The third-order valence-electron chi connectivity index (χ3n) is 2.86. The molecule has 1 aromatic rings. The van der Waals surface area contributed by atoms with Gasteiger partial charge in [0.25, 0.3) is 0 Å². The first-order valence-corrected chi connectivity index (χ1v) is 5.16. The predicted octanol–water partition coefficient (Wildman–Crippen LogP) is 3.71. The molecule has 16 heavy (non-hydrogen) atoms. The van der Waals surface area contributed by atoms with Crippen molar-refractivity contribution < 1.29 is 17.9 Å². The number of ether oxygens (including phenoxy) is 1. The Morgan fingerprint density at radius 3 is 2.25 bits per heavy atom. The van der Waals surface area contributed by atoms with Crippen molar-refractivity contribution in [1.29, 1.82) is 0 Å². The van der Waals surface area contributed by atoms with E-state index < -0.39 is 17.0 Å². The highest BCUT2D eigenvalue weighted by Gasteiger charge is 2.66. The molecule has 0 radical (unpaired) electrons. The lowest BCUT2D eigenvalue weighted by atomic mass is 10.1. The molecule has 1 aliphatic carbocycles. The molecule has 1 aliphatic rings. The van der Waals surface area contributed by atoms with Gasteiger partial charge in [0, 0.05) is 0 Å². The highest BCUT2D eigenvalue weighted by atomic mass is 35.5. The van der Waals surface area contributed by atoms with Crippen LogP contribution in [0.25, 0.3) is 0 Å². The van der Waals surface area contributed by atoms with Crippen LogP contribution in [0.5, 0.6) is 5.75 Å². The fourth-order valence-corrected chi connectivity index (χ4v) is 2.20. The molecule has 0 aliphatic heterocycles. The summed E-state index contributed by atoms with van der Waals surface area (Å²) in [5.74, 6) is -0.830. The van der Waals surface area contributed by atoms with Crippen LogP contribution in [0.1, 0.15) is 12.0 Å². The second kappa shape index (κ2) is 3.55. The molecule has 5 heteroatoms. The lowest BCUT2D eigenvalue weighted by molar-refractivity contribution is -0.150. The van der Waals surface area contributed by atoms with Gasteiger partial charge in [-0.1, -0.05) is 12.1 Å². The Labute approximate surface area is 96.2 Å². The lowest BCUT2D eigenvalue weighted by Gasteiger charge is -2.12. The second-order valence-corrected chi connectivity index (χ2v) is 4.56. The zero-order valence-corrected chi connectivity index (χ0v) is 9.27. The summed E-state index contributed by atoms with van der Waals surface area (Å²) in [7, 11) is 1.50. The maximum Gasteiger partial charge on any atom is 0.393 e. The van der Waals surface area contributed by atoms with Gasteiger partial charge in [0.15, 0.2) is 0 Å². The van der Waals surface area contributed by atoms with Crippen LogP contribution in [-0.2, 0) is 4.87 Å². The molecule has 1 nitrogen and oxygen atoms in total. The Morgan fingerprint density at radius 1 is 1.31 bits per heavy atom. The van der Waals surface area contributed by atoms with E-state index in [9.17, 15) is 13.2 Å². The van der Waals surface area contributed by atoms with Gasteiger partial charge in [-0.2, -0.15) is 13.2 Å². The van der Waals surface area contributed by atoms with Gasteiger partial charge in [0.1, 0.15) is 5.75 Å². The summed E-state index contributed by atoms with van der Waals surface area (Å²) < 4.78 is 42.3. The Hall–Kier alpha value is -0.900. The van der Waals surface area contributed by atoms with E-state index in [1.807, 2.05) is 0 Å². The van der Waals surface area contributed by atoms with Crippen LogP contribution in [0.4, 0.5) is 13.2 Å². The highest BCUT2D eigenvalue weighted by molar-refractivity contribution is 6.26. The van der Waals surface area contributed by atoms with E-state index in [1.165, 1.54) is 7.11 Å². The molecule has 1 saturated carbocycles. The summed E-state index contributed by atoms with van der Waals surface area (Å²) in [6.07, 6.45) is -4.27. The van der Waals surface area contributed by atoms with Gasteiger partial charge in [0.2, 0.25) is 0 Å². The first kappa shape index (κ1) is 11.6. The second-order valence-electron chi connectivity index (χ2n) is 3.89. The molecule has 88 valence electrons. The Bertz CT molecular complexity index is 387. The maximum absolute atomic E-state index is 12.5. The SMILES string of the molecule is COc1ccc([C@]2(Cl)C[C@H]2C(F)(F)F)cc1. The van der Waals surface area contributed by atoms with Gasteiger partial charge in [-0.25, -0.2) is 0 Å². The summed E-state index contributed by atoms with van der Waals surface area (Å²) in [6.45, 7) is 0. The van der Waals surface area contributed by atoms with Gasteiger partial charge in [-0.3, -0.25) is 0 Å². The molecule has 1 fully saturated rings. The molecular formula is C11H10ClF3O. The van der Waals surface area contributed by atoms with Crippen LogP contribution >= 0.6 is 11.6 Å². The maximum atomic E-state index is 12.5. The monoisotopic (exact) mass is 250 g/mol. The molecular weight excluding hydrogens is 241 g/mol. The molecule has 0 heterocycles. The number of benzene rings is 1. The van der Waals surface area contributed by atoms with Gasteiger partial charge in [-0.15, -0.1) is 11.6 Å². The lowest BCUT2D eigenvalue weighted by Crippen LogP contribution is -2.16. The summed E-state index contributed by atoms with van der Waals surface area (Å²) in [5.41, 5.74) is 0.497. The molecule has 0 aromatic heterocycles. The Balaban J connectivity index is 2.20. The minimum atomic E-state index is -4.22. The minimum absolute atomic E-state index is 0.0512. The average molecular weight is 251 g/mol. The number of hydrogen-bond donors (Lipinski definition) is 0. The zero-order valence-electron chi connectivity index (χ0n) is 8.51. The Morgan fingerprint density at radius 2 is 1.88 bits per heavy atom. The minimum Gasteiger partial charge on any atom is -0.497 e. The number of hydrogen-bond acceptors (Lipinski definition) is 1. The van der Waals surface area contributed by atoms with Crippen LogP contribution in [0.3, 0.4) is 0 Å². The summed E-state index contributed by atoms with van der Waals surface area (Å²) in [4.78, 5) is -1.27. The normalized spacial score (nSPS) is 28.9. The first-order valence-electron chi connectivity index (χ1n) is 4.78. The highest BCUT2D eigenvalue weighted by Crippen LogP contribution is 2.64. The first-order chi connectivity index (χ1) is 7.38. The quantitative estimate of drug-likeness (QED) is 0.727. The molecule has 1 aromatic carbocycles. The summed E-state index contributed by atoms with van der Waals surface area (Å²) in [6, 6.07) is 6.39. The molecule has 0 spiro atoms. The number of halogens is 4. The smallest absolute Gasteiger partial charge is 0.393 e. The van der Waals surface area contributed by atoms with Gasteiger partial charge in [0.05, 0.1) is 17.9 Å². The van der Waals surface area contributed by atoms with Gasteiger partial charge in [-0.05, 0) is 24.1 Å². The van der Waals surface area contributed by atoms with Crippen molar-refractivity contribution >= 4 is 11.6 Å². The van der Waals surface area contributed by atoms with Crippen LogP contribution in [0, 0.1) is 5.92 Å². The molecule has 0 saturated heterocycles. The van der Waals surface area contributed by atoms with Crippen LogP contribution in [-0.4, -0.2) is 13.3 Å².